The predicted octanol–water partition coefficient (Wildman–Crippen LogP) is 10.6. The minimum atomic E-state index is 0.337. The second-order valence-electron chi connectivity index (χ2n) is 12.2. The molecule has 0 radical (unpaired) electrons. The van der Waals surface area contributed by atoms with Crippen LogP contribution in [0.2, 0.25) is 0 Å². The van der Waals surface area contributed by atoms with Crippen molar-refractivity contribution in [3.05, 3.63) is 174 Å². The average molecular weight is 590 g/mol. The normalized spacial score (nSPS) is 14.1. The van der Waals surface area contributed by atoms with Crippen molar-refractivity contribution >= 4 is 61.9 Å². The molecule has 2 heteroatoms. The van der Waals surface area contributed by atoms with Gasteiger partial charge in [0.05, 0.1) is 0 Å². The maximum Gasteiger partial charge on any atom is 0.137 e. The van der Waals surface area contributed by atoms with Gasteiger partial charge in [0.1, 0.15) is 11.2 Å². The van der Waals surface area contributed by atoms with E-state index in [0.717, 1.165) is 45.4 Å². The summed E-state index contributed by atoms with van der Waals surface area (Å²) in [6, 6.07) is 56.6. The average Bonchev–Trinajstić information content (AvgIpc) is 3.50. The van der Waals surface area contributed by atoms with Crippen LogP contribution in [0.4, 0.5) is 17.1 Å². The molecule has 2 nitrogen and oxygen atoms in total. The van der Waals surface area contributed by atoms with E-state index in [2.05, 4.69) is 163 Å². The molecule has 218 valence electrons. The minimum Gasteiger partial charge on any atom is -0.456 e. The number of anilines is 3. The van der Waals surface area contributed by atoms with Crippen molar-refractivity contribution in [2.45, 2.75) is 12.3 Å². The van der Waals surface area contributed by atoms with E-state index in [9.17, 15) is 0 Å². The molecule has 8 aromatic rings. The second kappa shape index (κ2) is 10.9. The third-order valence-electron chi connectivity index (χ3n) is 9.34. The molecule has 7 aromatic carbocycles. The van der Waals surface area contributed by atoms with Crippen LogP contribution < -0.4 is 15.3 Å². The highest BCUT2D eigenvalue weighted by Gasteiger charge is 2.17. The first kappa shape index (κ1) is 26.5. The highest BCUT2D eigenvalue weighted by atomic mass is 16.3. The molecule has 0 saturated carbocycles. The Balaban J connectivity index is 1.10. The Hall–Kier alpha value is -5.86. The lowest BCUT2D eigenvalue weighted by Crippen LogP contribution is -2.28. The van der Waals surface area contributed by atoms with Crippen molar-refractivity contribution in [3.8, 4) is 11.1 Å². The summed E-state index contributed by atoms with van der Waals surface area (Å²) in [6.45, 7) is 0. The van der Waals surface area contributed by atoms with Crippen LogP contribution in [-0.2, 0) is 0 Å². The van der Waals surface area contributed by atoms with E-state index in [1.807, 2.05) is 12.1 Å². The van der Waals surface area contributed by atoms with Gasteiger partial charge >= 0.3 is 0 Å². The lowest BCUT2D eigenvalue weighted by molar-refractivity contribution is 0.669. The number of benzene rings is 7. The van der Waals surface area contributed by atoms with E-state index >= 15 is 0 Å². The molecule has 9 rings (SSSR count). The fraction of sp³-hybridized carbons (Fsp3) is 0.0455. The fourth-order valence-corrected chi connectivity index (χ4v) is 6.98. The van der Waals surface area contributed by atoms with Crippen molar-refractivity contribution in [3.63, 3.8) is 0 Å². The summed E-state index contributed by atoms with van der Waals surface area (Å²) < 4.78 is 6.29. The molecule has 1 aromatic heterocycles. The van der Waals surface area contributed by atoms with Gasteiger partial charge in [-0.2, -0.15) is 0 Å². The van der Waals surface area contributed by atoms with Gasteiger partial charge in [0, 0.05) is 39.8 Å². The van der Waals surface area contributed by atoms with Gasteiger partial charge in [-0.3, -0.25) is 0 Å². The molecule has 0 amide bonds. The Morgan fingerprint density at radius 2 is 1.22 bits per heavy atom. The monoisotopic (exact) mass is 589 g/mol. The Morgan fingerprint density at radius 1 is 0.478 bits per heavy atom. The quantitative estimate of drug-likeness (QED) is 0.199. The van der Waals surface area contributed by atoms with Crippen molar-refractivity contribution in [1.29, 1.82) is 0 Å². The highest BCUT2D eigenvalue weighted by molar-refractivity contribution is 6.06. The standard InChI is InChI=1S/C44H31NO/c1-3-9-30(10-4-1)32-17-18-34-26-35(20-19-33(34)25-32)36-16-15-31-21-22-39(28-37(31)27-36)45(38-11-5-2-6-12-38)40-23-24-42-41-13-7-8-14-43(41)46-44(42)29-40/h1-19,21-29,35H,20H2. The smallest absolute Gasteiger partial charge is 0.137 e. The molecule has 1 unspecified atom stereocenters. The lowest BCUT2D eigenvalue weighted by Gasteiger charge is -2.26. The fourth-order valence-electron chi connectivity index (χ4n) is 6.98. The molecule has 1 atom stereocenters. The van der Waals surface area contributed by atoms with Gasteiger partial charge in [-0.15, -0.1) is 0 Å². The summed E-state index contributed by atoms with van der Waals surface area (Å²) >= 11 is 0. The van der Waals surface area contributed by atoms with Crippen molar-refractivity contribution in [2.24, 2.45) is 0 Å². The third-order valence-corrected chi connectivity index (χ3v) is 9.34. The van der Waals surface area contributed by atoms with E-state index in [1.165, 1.54) is 37.9 Å². The number of fused-ring (bicyclic) bond motifs is 5. The highest BCUT2D eigenvalue weighted by Crippen LogP contribution is 2.39. The molecule has 0 bridgehead atoms. The van der Waals surface area contributed by atoms with E-state index in [-0.39, 0.29) is 0 Å². The summed E-state index contributed by atoms with van der Waals surface area (Å²) in [5.41, 5.74) is 8.96. The van der Waals surface area contributed by atoms with Crippen LogP contribution in [0, 0.1) is 0 Å². The maximum atomic E-state index is 6.29. The van der Waals surface area contributed by atoms with Gasteiger partial charge in [-0.1, -0.05) is 115 Å². The van der Waals surface area contributed by atoms with Crippen molar-refractivity contribution in [1.82, 2.24) is 0 Å². The molecular formula is C44H31NO. The zero-order valence-corrected chi connectivity index (χ0v) is 25.3. The van der Waals surface area contributed by atoms with Crippen LogP contribution in [0.5, 0.6) is 0 Å². The van der Waals surface area contributed by atoms with Gasteiger partial charge in [-0.05, 0) is 92.9 Å². The maximum absolute atomic E-state index is 6.29. The van der Waals surface area contributed by atoms with Crippen LogP contribution in [0.15, 0.2) is 162 Å². The third kappa shape index (κ3) is 4.67. The van der Waals surface area contributed by atoms with Crippen LogP contribution in [0.3, 0.4) is 0 Å². The molecule has 46 heavy (non-hydrogen) atoms. The van der Waals surface area contributed by atoms with E-state index < -0.39 is 0 Å². The topological polar surface area (TPSA) is 16.4 Å². The molecule has 0 fully saturated rings. The second-order valence-corrected chi connectivity index (χ2v) is 12.2. The zero-order valence-electron chi connectivity index (χ0n) is 25.3. The predicted molar refractivity (Wildman–Crippen MR) is 193 cm³/mol. The summed E-state index contributed by atoms with van der Waals surface area (Å²) in [4.78, 5) is 2.32. The molecule has 0 saturated heterocycles. The SMILES string of the molecule is C1=c2ccc(-c3ccccc3)cc2=CCC1c1ccc2ccc(N(c3ccccc3)c3ccc4c(c3)oc3ccccc34)cc2c1. The number of furan rings is 1. The molecular weight excluding hydrogens is 558 g/mol. The first-order valence-corrected chi connectivity index (χ1v) is 15.9. The molecule has 1 aliphatic carbocycles. The van der Waals surface area contributed by atoms with Crippen LogP contribution in [-0.4, -0.2) is 0 Å². The molecule has 0 spiro atoms. The van der Waals surface area contributed by atoms with Crippen LogP contribution in [0.25, 0.3) is 56.0 Å². The summed E-state index contributed by atoms with van der Waals surface area (Å²) in [7, 11) is 0. The number of nitrogens with zero attached hydrogens (tertiary/aromatic N) is 1. The number of hydrogen-bond donors (Lipinski definition) is 0. The van der Waals surface area contributed by atoms with Crippen molar-refractivity contribution < 1.29 is 4.42 Å². The van der Waals surface area contributed by atoms with Gasteiger partial charge in [0.15, 0.2) is 0 Å². The van der Waals surface area contributed by atoms with Gasteiger partial charge in [0.2, 0.25) is 0 Å². The van der Waals surface area contributed by atoms with E-state index in [0.29, 0.717) is 5.92 Å². The molecule has 0 N–H and O–H groups in total. The summed E-state index contributed by atoms with van der Waals surface area (Å²) in [5.74, 6) is 0.337. The Bertz CT molecular complexity index is 2510. The lowest BCUT2D eigenvalue weighted by atomic mass is 9.88. The van der Waals surface area contributed by atoms with Crippen LogP contribution in [0.1, 0.15) is 17.9 Å². The molecule has 1 aliphatic rings. The van der Waals surface area contributed by atoms with Crippen LogP contribution >= 0.6 is 0 Å². The van der Waals surface area contributed by atoms with Gasteiger partial charge < -0.3 is 9.32 Å². The number of hydrogen-bond acceptors (Lipinski definition) is 2. The first-order valence-electron chi connectivity index (χ1n) is 15.9. The largest absolute Gasteiger partial charge is 0.456 e. The zero-order chi connectivity index (χ0) is 30.5. The molecule has 0 aliphatic heterocycles. The minimum absolute atomic E-state index is 0.337. The van der Waals surface area contributed by atoms with E-state index in [1.54, 1.807) is 0 Å². The Kier molecular flexibility index (Phi) is 6.31. The summed E-state index contributed by atoms with van der Waals surface area (Å²) in [6.07, 6.45) is 5.83. The van der Waals surface area contributed by atoms with E-state index in [4.69, 9.17) is 4.42 Å². The summed E-state index contributed by atoms with van der Waals surface area (Å²) in [5, 5.41) is 7.38. The van der Waals surface area contributed by atoms with Gasteiger partial charge in [0.25, 0.3) is 0 Å². The van der Waals surface area contributed by atoms with Gasteiger partial charge in [-0.25, -0.2) is 0 Å². The van der Waals surface area contributed by atoms with Crippen molar-refractivity contribution in [2.75, 3.05) is 4.90 Å². The number of rotatable bonds is 5. The Morgan fingerprint density at radius 3 is 2.11 bits per heavy atom. The first-order chi connectivity index (χ1) is 22.8. The Labute approximate surface area is 267 Å². The molecule has 1 heterocycles. The number of para-hydroxylation sites is 2.